The van der Waals surface area contributed by atoms with Gasteiger partial charge in [-0.3, -0.25) is 44.3 Å². The van der Waals surface area contributed by atoms with Crippen LogP contribution in [0.25, 0.3) is 0 Å². The first-order valence-corrected chi connectivity index (χ1v) is 27.2. The van der Waals surface area contributed by atoms with Crippen molar-refractivity contribution >= 4 is 41.7 Å². The first-order valence-electron chi connectivity index (χ1n) is 27.2. The molecular weight excluding hydrogens is 933 g/mol. The number of hydrogen-bond acceptors (Lipinski definition) is 13. The van der Waals surface area contributed by atoms with Gasteiger partial charge < -0.3 is 38.9 Å². The van der Waals surface area contributed by atoms with Crippen LogP contribution in [0.1, 0.15) is 161 Å². The van der Waals surface area contributed by atoms with Gasteiger partial charge in [-0.25, -0.2) is 0 Å². The van der Waals surface area contributed by atoms with E-state index in [2.05, 4.69) is 27.8 Å². The summed E-state index contributed by atoms with van der Waals surface area (Å²) in [5.41, 5.74) is 3.00. The van der Waals surface area contributed by atoms with Gasteiger partial charge in [0.25, 0.3) is 11.8 Å². The number of nitrogens with zero attached hydrogens (tertiary/aromatic N) is 3. The number of piperidine rings is 2. The Hall–Kier alpha value is -5.23. The van der Waals surface area contributed by atoms with Gasteiger partial charge in [0.05, 0.1) is 12.2 Å². The zero-order chi connectivity index (χ0) is 51.6. The fraction of sp³-hybridized carbons (Fsp3) is 0.661. The SMILES string of the molecule is CC=O.CCN(CC1CCC(OC)CC1)[C@H]1CCC[C@@H]1Oc1ccc2c(c1)CN(C1CCC(=O)NC1=O)C2=O.COC1CCC(CN[C@H]2CCC[C@@H]2Oc2ccc3c(c2)CN(C2CCC(=O)NC2=O)C3=O)CC1. The van der Waals surface area contributed by atoms with Gasteiger partial charge in [0.15, 0.2) is 0 Å². The zero-order valence-electron chi connectivity index (χ0n) is 43.4. The average Bonchev–Trinajstić information content (AvgIpc) is 4.19. The first-order chi connectivity index (χ1) is 35.4. The second kappa shape index (κ2) is 25.3. The highest BCUT2D eigenvalue weighted by molar-refractivity contribution is 6.06. The van der Waals surface area contributed by atoms with Gasteiger partial charge >= 0.3 is 0 Å². The summed E-state index contributed by atoms with van der Waals surface area (Å²) in [6.45, 7) is 7.61. The van der Waals surface area contributed by atoms with Crippen LogP contribution >= 0.6 is 0 Å². The predicted octanol–water partition coefficient (Wildman–Crippen LogP) is 6.02. The topological polar surface area (TPSA) is 202 Å². The van der Waals surface area contributed by atoms with E-state index in [4.69, 9.17) is 23.7 Å². The Bertz CT molecular complexity index is 2290. The molecule has 6 fully saturated rings. The van der Waals surface area contributed by atoms with Crippen molar-refractivity contribution < 1.29 is 52.5 Å². The van der Waals surface area contributed by atoms with Crippen LogP contribution in [-0.2, 0) is 46.5 Å². The molecule has 0 radical (unpaired) electrons. The monoisotopic (exact) mass is 1010 g/mol. The molecule has 6 amide bonds. The molecule has 73 heavy (non-hydrogen) atoms. The van der Waals surface area contributed by atoms with E-state index in [0.717, 1.165) is 119 Å². The van der Waals surface area contributed by atoms with Crippen LogP contribution in [0.2, 0.25) is 0 Å². The van der Waals surface area contributed by atoms with Crippen molar-refractivity contribution in [3.8, 4) is 11.5 Å². The lowest BCUT2D eigenvalue weighted by atomic mass is 9.86. The van der Waals surface area contributed by atoms with Crippen LogP contribution in [-0.4, -0.2) is 139 Å². The van der Waals surface area contributed by atoms with Gasteiger partial charge in [0.2, 0.25) is 23.6 Å². The summed E-state index contributed by atoms with van der Waals surface area (Å²) in [6, 6.07) is 10.9. The third-order valence-electron chi connectivity index (χ3n) is 16.7. The summed E-state index contributed by atoms with van der Waals surface area (Å²) in [5.74, 6) is 1.38. The standard InChI is InChI=1S/C28H39N3O5.C26H35N3O5.C2H4O/c1-3-30(16-18-7-9-20(35-2)10-8-18)23-5-4-6-25(23)36-21-11-12-22-19(15-21)17-31(28(22)34)24-13-14-26(32)29-27(24)33;1-33-18-7-5-16(6-8-18)14-27-21-3-2-4-23(21)34-19-9-10-20-17(13-19)15-29(26(20)32)22-11-12-24(30)28-25(22)31;1-2-3/h11-12,15,18,20,23-25H,3-10,13-14,16-17H2,1-2H3,(H,29,32,33);9-10,13,16,18,21-23,27H,2-8,11-12,14-15H2,1H3,(H,28,30,31);2H,1H3/t18?,20?,23-,24?,25-;16?,18?,21-,22?,23-;/m00./s1. The molecule has 10 rings (SSSR count). The Morgan fingerprint density at radius 1 is 0.630 bits per heavy atom. The molecule has 2 aromatic rings. The van der Waals surface area contributed by atoms with Crippen molar-refractivity contribution in [2.75, 3.05) is 33.9 Å². The molecule has 17 nitrogen and oxygen atoms in total. The average molecular weight is 1010 g/mol. The molecule has 2 aromatic carbocycles. The van der Waals surface area contributed by atoms with E-state index < -0.39 is 12.1 Å². The highest BCUT2D eigenvalue weighted by atomic mass is 16.5. The maximum atomic E-state index is 13.0. The summed E-state index contributed by atoms with van der Waals surface area (Å²) in [4.78, 5) is 88.1. The third kappa shape index (κ3) is 13.2. The maximum Gasteiger partial charge on any atom is 0.255 e. The van der Waals surface area contributed by atoms with E-state index >= 15 is 0 Å². The van der Waals surface area contributed by atoms with Crippen molar-refractivity contribution in [2.45, 2.75) is 191 Å². The summed E-state index contributed by atoms with van der Waals surface area (Å²) in [5, 5.41) is 8.48. The Labute approximate surface area is 430 Å². The number of likely N-dealkylation sites (N-methyl/N-ethyl adjacent to an activating group) is 1. The van der Waals surface area contributed by atoms with Crippen LogP contribution in [0.4, 0.5) is 0 Å². The lowest BCUT2D eigenvalue weighted by molar-refractivity contribution is -0.138. The molecule has 0 spiro atoms. The summed E-state index contributed by atoms with van der Waals surface area (Å²) >= 11 is 0. The van der Waals surface area contributed by atoms with Gasteiger partial charge in [-0.1, -0.05) is 6.92 Å². The highest BCUT2D eigenvalue weighted by Gasteiger charge is 2.42. The molecule has 2 unspecified atom stereocenters. The lowest BCUT2D eigenvalue weighted by Crippen LogP contribution is -2.52. The minimum absolute atomic E-state index is 0.122. The van der Waals surface area contributed by atoms with E-state index in [1.807, 2.05) is 50.6 Å². The van der Waals surface area contributed by atoms with Gasteiger partial charge in [-0.05, 0) is 182 Å². The molecule has 3 N–H and O–H groups in total. The van der Waals surface area contributed by atoms with Crippen molar-refractivity contribution in [3.05, 3.63) is 58.7 Å². The fourth-order valence-electron chi connectivity index (χ4n) is 12.6. The van der Waals surface area contributed by atoms with E-state index in [-0.39, 0.29) is 60.5 Å². The fourth-order valence-corrected chi connectivity index (χ4v) is 12.6. The quantitative estimate of drug-likeness (QED) is 0.138. The van der Waals surface area contributed by atoms with Gasteiger partial charge in [0.1, 0.15) is 42.1 Å². The normalized spacial score (nSPS) is 29.9. The predicted molar refractivity (Wildman–Crippen MR) is 272 cm³/mol. The number of imide groups is 2. The molecular formula is C56H78N6O11. The highest BCUT2D eigenvalue weighted by Crippen LogP contribution is 2.36. The van der Waals surface area contributed by atoms with Gasteiger partial charge in [-0.2, -0.15) is 0 Å². The van der Waals surface area contributed by atoms with E-state index in [0.29, 0.717) is 67.3 Å². The van der Waals surface area contributed by atoms with Crippen molar-refractivity contribution in [3.63, 3.8) is 0 Å². The molecule has 0 bridgehead atoms. The Morgan fingerprint density at radius 2 is 1.11 bits per heavy atom. The Kier molecular flexibility index (Phi) is 18.8. The molecule has 2 saturated heterocycles. The van der Waals surface area contributed by atoms with E-state index in [1.165, 1.54) is 32.6 Å². The Morgan fingerprint density at radius 3 is 1.60 bits per heavy atom. The number of benzene rings is 2. The molecule has 8 aliphatic rings. The van der Waals surface area contributed by atoms with Crippen molar-refractivity contribution in [2.24, 2.45) is 11.8 Å². The van der Waals surface area contributed by atoms with Crippen LogP contribution in [0.5, 0.6) is 11.5 Å². The molecule has 4 saturated carbocycles. The second-order valence-corrected chi connectivity index (χ2v) is 21.3. The zero-order valence-corrected chi connectivity index (χ0v) is 43.4. The number of hydrogen-bond donors (Lipinski definition) is 3. The van der Waals surface area contributed by atoms with E-state index in [1.54, 1.807) is 9.80 Å². The van der Waals surface area contributed by atoms with Gasteiger partial charge in [-0.15, -0.1) is 0 Å². The molecule has 17 heteroatoms. The molecule has 4 aliphatic carbocycles. The number of carbonyl (C=O) groups excluding carboxylic acids is 7. The van der Waals surface area contributed by atoms with Crippen molar-refractivity contribution in [1.82, 2.24) is 30.7 Å². The molecule has 4 aliphatic heterocycles. The number of fused-ring (bicyclic) bond motifs is 2. The number of rotatable bonds is 15. The molecule has 4 heterocycles. The number of nitrogens with one attached hydrogen (secondary N) is 3. The summed E-state index contributed by atoms with van der Waals surface area (Å²) in [7, 11) is 3.63. The number of carbonyl (C=O) groups is 7. The first kappa shape index (κ1) is 54.0. The van der Waals surface area contributed by atoms with E-state index in [9.17, 15) is 28.8 Å². The number of aldehydes is 1. The minimum Gasteiger partial charge on any atom is -0.489 e. The van der Waals surface area contributed by atoms with Crippen LogP contribution < -0.4 is 25.4 Å². The molecule has 6 atom stereocenters. The molecule has 398 valence electrons. The second-order valence-electron chi connectivity index (χ2n) is 21.3. The maximum absolute atomic E-state index is 13.0. The Balaban J connectivity index is 0.000000185. The van der Waals surface area contributed by atoms with Crippen LogP contribution in [0.3, 0.4) is 0 Å². The number of methoxy groups -OCH3 is 2. The number of amides is 6. The third-order valence-corrected chi connectivity index (χ3v) is 16.7. The van der Waals surface area contributed by atoms with Crippen LogP contribution in [0.15, 0.2) is 36.4 Å². The largest absolute Gasteiger partial charge is 0.489 e. The minimum atomic E-state index is -0.594. The van der Waals surface area contributed by atoms with Crippen molar-refractivity contribution in [1.29, 1.82) is 0 Å². The van der Waals surface area contributed by atoms with Gasteiger partial charge in [0, 0.05) is 69.9 Å². The summed E-state index contributed by atoms with van der Waals surface area (Å²) in [6.07, 6.45) is 19.3. The molecule has 0 aromatic heterocycles. The lowest BCUT2D eigenvalue weighted by Gasteiger charge is -2.37. The summed E-state index contributed by atoms with van der Waals surface area (Å²) < 4.78 is 24.0. The number of ether oxygens (including phenoxy) is 4. The van der Waals surface area contributed by atoms with Crippen LogP contribution in [0, 0.1) is 11.8 Å². The smallest absolute Gasteiger partial charge is 0.255 e.